The van der Waals surface area contributed by atoms with Gasteiger partial charge in [0.1, 0.15) is 6.33 Å². The van der Waals surface area contributed by atoms with Gasteiger partial charge in [0.05, 0.1) is 11.4 Å². The van der Waals surface area contributed by atoms with Crippen LogP contribution in [0.5, 0.6) is 0 Å². The predicted octanol–water partition coefficient (Wildman–Crippen LogP) is 0.962. The van der Waals surface area contributed by atoms with E-state index >= 15 is 0 Å². The highest BCUT2D eigenvalue weighted by Gasteiger charge is 2.29. The van der Waals surface area contributed by atoms with Crippen molar-refractivity contribution >= 4 is 29.0 Å². The Morgan fingerprint density at radius 3 is 2.90 bits per heavy atom. The molecule has 1 fully saturated rings. The van der Waals surface area contributed by atoms with Crippen molar-refractivity contribution in [3.8, 4) is 0 Å². The van der Waals surface area contributed by atoms with Gasteiger partial charge in [-0.2, -0.15) is 0 Å². The van der Waals surface area contributed by atoms with Crippen LogP contribution in [0.15, 0.2) is 24.7 Å². The molecule has 1 N–H and O–H groups in total. The van der Waals surface area contributed by atoms with Crippen molar-refractivity contribution in [2.75, 3.05) is 0 Å². The first kappa shape index (κ1) is 12.4. The minimum atomic E-state index is -0.425. The molecule has 0 saturated carbocycles. The van der Waals surface area contributed by atoms with Crippen LogP contribution in [0.25, 0.3) is 10.9 Å². The van der Waals surface area contributed by atoms with Crippen molar-refractivity contribution in [3.63, 3.8) is 0 Å². The maximum atomic E-state index is 12.0. The van der Waals surface area contributed by atoms with Crippen LogP contribution in [0, 0.1) is 0 Å². The Labute approximate surface area is 114 Å². The Bertz CT molecular complexity index is 727. The third-order valence-corrected chi connectivity index (χ3v) is 3.48. The van der Waals surface area contributed by atoms with Crippen LogP contribution in [0.3, 0.4) is 0 Å². The Balaban J connectivity index is 2.15. The summed E-state index contributed by atoms with van der Waals surface area (Å²) in [6.45, 7) is 0. The van der Waals surface area contributed by atoms with Gasteiger partial charge in [-0.05, 0) is 12.0 Å². The fourth-order valence-electron chi connectivity index (χ4n) is 2.49. The molecule has 0 spiro atoms. The van der Waals surface area contributed by atoms with E-state index in [1.807, 2.05) is 0 Å². The third-order valence-electron chi connectivity index (χ3n) is 3.48. The summed E-state index contributed by atoms with van der Waals surface area (Å²) in [5.41, 5.74) is 1.79. The summed E-state index contributed by atoms with van der Waals surface area (Å²) >= 11 is 0. The van der Waals surface area contributed by atoms with E-state index in [0.717, 1.165) is 11.8 Å². The number of hydrogen-bond acceptors (Lipinski definition) is 5. The van der Waals surface area contributed by atoms with Gasteiger partial charge in [-0.1, -0.05) is 12.1 Å². The van der Waals surface area contributed by atoms with E-state index in [0.29, 0.717) is 29.3 Å². The highest BCUT2D eigenvalue weighted by Crippen LogP contribution is 2.30. The third kappa shape index (κ3) is 1.95. The number of fused-ring (bicyclic) bond motifs is 1. The van der Waals surface area contributed by atoms with Crippen LogP contribution in [0.4, 0.5) is 0 Å². The molecule has 0 radical (unpaired) electrons. The van der Waals surface area contributed by atoms with Crippen molar-refractivity contribution < 1.29 is 14.4 Å². The number of imide groups is 1. The zero-order valence-electron chi connectivity index (χ0n) is 10.5. The minimum absolute atomic E-state index is 0.255. The van der Waals surface area contributed by atoms with E-state index in [4.69, 9.17) is 0 Å². The van der Waals surface area contributed by atoms with Crippen LogP contribution in [-0.2, 0) is 9.59 Å². The molecule has 0 bridgehead atoms. The summed E-state index contributed by atoms with van der Waals surface area (Å²) in [7, 11) is 0. The number of amides is 2. The lowest BCUT2D eigenvalue weighted by Crippen LogP contribution is -2.39. The second-order valence-corrected chi connectivity index (χ2v) is 4.65. The van der Waals surface area contributed by atoms with Crippen LogP contribution >= 0.6 is 0 Å². The standard InChI is InChI=1S/C14H11N3O3/c18-6-8-1-2-9(13-11(8)5-15-7-16-13)10-3-4-12(19)17-14(10)20/h1-2,5-7,10H,3-4H2,(H,17,19,20). The normalized spacial score (nSPS) is 18.9. The lowest BCUT2D eigenvalue weighted by Gasteiger charge is -2.22. The first-order valence-electron chi connectivity index (χ1n) is 6.22. The van der Waals surface area contributed by atoms with Gasteiger partial charge in [-0.15, -0.1) is 0 Å². The smallest absolute Gasteiger partial charge is 0.234 e. The molecule has 1 saturated heterocycles. The number of carbonyl (C=O) groups is 3. The quantitative estimate of drug-likeness (QED) is 0.648. The summed E-state index contributed by atoms with van der Waals surface area (Å²) in [6.07, 6.45) is 4.43. The van der Waals surface area contributed by atoms with Crippen LogP contribution in [-0.4, -0.2) is 28.1 Å². The van der Waals surface area contributed by atoms with Gasteiger partial charge in [0, 0.05) is 23.6 Å². The van der Waals surface area contributed by atoms with Crippen molar-refractivity contribution in [2.45, 2.75) is 18.8 Å². The predicted molar refractivity (Wildman–Crippen MR) is 70.1 cm³/mol. The number of aldehydes is 1. The zero-order valence-corrected chi connectivity index (χ0v) is 10.5. The number of hydrogen-bond donors (Lipinski definition) is 1. The highest BCUT2D eigenvalue weighted by atomic mass is 16.2. The first-order chi connectivity index (χ1) is 9.70. The molecule has 20 heavy (non-hydrogen) atoms. The lowest BCUT2D eigenvalue weighted by atomic mass is 9.88. The fourth-order valence-corrected chi connectivity index (χ4v) is 2.49. The average molecular weight is 269 g/mol. The van der Waals surface area contributed by atoms with E-state index < -0.39 is 5.92 Å². The van der Waals surface area contributed by atoms with E-state index in [1.54, 1.807) is 18.3 Å². The second kappa shape index (κ2) is 4.80. The maximum Gasteiger partial charge on any atom is 0.234 e. The molecule has 1 aliphatic rings. The molecule has 2 amide bonds. The summed E-state index contributed by atoms with van der Waals surface area (Å²) < 4.78 is 0. The first-order valence-corrected chi connectivity index (χ1v) is 6.22. The molecule has 1 aliphatic heterocycles. The molecule has 2 aromatic rings. The van der Waals surface area contributed by atoms with Gasteiger partial charge in [-0.3, -0.25) is 19.7 Å². The van der Waals surface area contributed by atoms with Gasteiger partial charge in [0.25, 0.3) is 0 Å². The summed E-state index contributed by atoms with van der Waals surface area (Å²) in [5.74, 6) is -1.000. The molecule has 1 unspecified atom stereocenters. The Morgan fingerprint density at radius 2 is 2.15 bits per heavy atom. The van der Waals surface area contributed by atoms with Crippen LogP contribution < -0.4 is 5.32 Å². The fraction of sp³-hybridized carbons (Fsp3) is 0.214. The minimum Gasteiger partial charge on any atom is -0.298 e. The average Bonchev–Trinajstić information content (AvgIpc) is 2.47. The molecule has 100 valence electrons. The molecular weight excluding hydrogens is 258 g/mol. The maximum absolute atomic E-state index is 12.0. The van der Waals surface area contributed by atoms with Gasteiger partial charge in [0.15, 0.2) is 6.29 Å². The Hall–Kier alpha value is -2.63. The number of benzene rings is 1. The molecule has 1 atom stereocenters. The number of nitrogens with one attached hydrogen (secondary N) is 1. The molecule has 3 rings (SSSR count). The molecular formula is C14H11N3O3. The summed E-state index contributed by atoms with van der Waals surface area (Å²) in [4.78, 5) is 42.3. The summed E-state index contributed by atoms with van der Waals surface area (Å²) in [6, 6.07) is 3.37. The number of nitrogens with zero attached hydrogens (tertiary/aromatic N) is 2. The molecule has 0 aliphatic carbocycles. The zero-order chi connectivity index (χ0) is 14.1. The summed E-state index contributed by atoms with van der Waals surface area (Å²) in [5, 5.41) is 2.95. The van der Waals surface area contributed by atoms with Crippen LogP contribution in [0.1, 0.15) is 34.7 Å². The molecule has 2 heterocycles. The van der Waals surface area contributed by atoms with Gasteiger partial charge in [0.2, 0.25) is 11.8 Å². The van der Waals surface area contributed by atoms with E-state index in [2.05, 4.69) is 15.3 Å². The number of piperidine rings is 1. The molecule has 1 aromatic carbocycles. The topological polar surface area (TPSA) is 89.0 Å². The largest absolute Gasteiger partial charge is 0.298 e. The Morgan fingerprint density at radius 1 is 1.30 bits per heavy atom. The monoisotopic (exact) mass is 269 g/mol. The van der Waals surface area contributed by atoms with Crippen LogP contribution in [0.2, 0.25) is 0 Å². The van der Waals surface area contributed by atoms with Gasteiger partial charge < -0.3 is 0 Å². The van der Waals surface area contributed by atoms with Crippen molar-refractivity contribution in [2.24, 2.45) is 0 Å². The molecule has 6 nitrogen and oxygen atoms in total. The number of rotatable bonds is 2. The highest BCUT2D eigenvalue weighted by molar-refractivity contribution is 6.04. The van der Waals surface area contributed by atoms with Crippen molar-refractivity contribution in [1.82, 2.24) is 15.3 Å². The van der Waals surface area contributed by atoms with Crippen molar-refractivity contribution in [3.05, 3.63) is 35.8 Å². The Kier molecular flexibility index (Phi) is 2.98. The number of carbonyl (C=O) groups excluding carboxylic acids is 3. The van der Waals surface area contributed by atoms with E-state index in [-0.39, 0.29) is 11.8 Å². The number of aromatic nitrogens is 2. The molecule has 1 aromatic heterocycles. The van der Waals surface area contributed by atoms with E-state index in [1.165, 1.54) is 6.33 Å². The lowest BCUT2D eigenvalue weighted by molar-refractivity contribution is -0.134. The SMILES string of the molecule is O=Cc1ccc(C2CCC(=O)NC2=O)c2ncncc12. The second-order valence-electron chi connectivity index (χ2n) is 4.65. The molecule has 6 heteroatoms. The van der Waals surface area contributed by atoms with Crippen molar-refractivity contribution in [1.29, 1.82) is 0 Å². The van der Waals surface area contributed by atoms with Gasteiger partial charge in [-0.25, -0.2) is 9.97 Å². The van der Waals surface area contributed by atoms with Gasteiger partial charge >= 0.3 is 0 Å². The van der Waals surface area contributed by atoms with E-state index in [9.17, 15) is 14.4 Å².